The first-order valence-electron chi connectivity index (χ1n) is 8.96. The van der Waals surface area contributed by atoms with Crippen molar-refractivity contribution in [2.45, 2.75) is 44.8 Å². The molecular weight excluding hydrogens is 413 g/mol. The van der Waals surface area contributed by atoms with Gasteiger partial charge in [-0.3, -0.25) is 19.3 Å². The van der Waals surface area contributed by atoms with Crippen molar-refractivity contribution >= 4 is 17.5 Å². The molecule has 12 heteroatoms. The molecule has 3 N–H and O–H groups in total. The lowest BCUT2D eigenvalue weighted by atomic mass is 10.1. The molecule has 162 valence electrons. The summed E-state index contributed by atoms with van der Waals surface area (Å²) in [4.78, 5) is 27.7. The Morgan fingerprint density at radius 2 is 2.03 bits per heavy atom. The number of aryl methyl sites for hydroxylation is 1. The minimum atomic E-state index is -4.89. The van der Waals surface area contributed by atoms with E-state index in [1.54, 1.807) is 0 Å². The number of anilines is 1. The summed E-state index contributed by atoms with van der Waals surface area (Å²) in [6.45, 7) is 0.837. The third-order valence-electron chi connectivity index (χ3n) is 4.84. The van der Waals surface area contributed by atoms with Gasteiger partial charge in [0.1, 0.15) is 11.3 Å². The van der Waals surface area contributed by atoms with E-state index in [2.05, 4.69) is 15.4 Å². The number of amides is 2. The number of aromatic nitrogens is 3. The van der Waals surface area contributed by atoms with Crippen LogP contribution in [0.15, 0.2) is 18.5 Å². The Balaban J connectivity index is 1.95. The van der Waals surface area contributed by atoms with Crippen LogP contribution in [0.4, 0.5) is 27.6 Å². The van der Waals surface area contributed by atoms with E-state index in [0.29, 0.717) is 0 Å². The smallest absolute Gasteiger partial charge is 0.366 e. The topological polar surface area (TPSA) is 103 Å². The van der Waals surface area contributed by atoms with Crippen molar-refractivity contribution in [1.29, 1.82) is 0 Å². The Hall–Kier alpha value is -3.05. The van der Waals surface area contributed by atoms with Gasteiger partial charge in [0.2, 0.25) is 11.8 Å². The molecule has 0 aromatic carbocycles. The lowest BCUT2D eigenvalue weighted by Crippen LogP contribution is -2.24. The quantitative estimate of drug-likeness (QED) is 0.709. The maximum absolute atomic E-state index is 13.6. The molecule has 0 spiro atoms. The highest BCUT2D eigenvalue weighted by molar-refractivity contribution is 6.05. The van der Waals surface area contributed by atoms with E-state index in [9.17, 15) is 31.5 Å². The van der Waals surface area contributed by atoms with Crippen molar-refractivity contribution in [2.75, 3.05) is 5.32 Å². The number of carbonyl (C=O) groups excluding carboxylic acids is 2. The largest absolute Gasteiger partial charge is 0.420 e. The molecule has 2 aromatic heterocycles. The zero-order chi connectivity index (χ0) is 22.3. The van der Waals surface area contributed by atoms with Gasteiger partial charge in [0.05, 0.1) is 23.1 Å². The Bertz CT molecular complexity index is 986. The zero-order valence-electron chi connectivity index (χ0n) is 15.8. The predicted octanol–water partition coefficient (Wildman–Crippen LogP) is 3.39. The van der Waals surface area contributed by atoms with E-state index >= 15 is 0 Å². The number of halogens is 5. The highest BCUT2D eigenvalue weighted by Gasteiger charge is 2.43. The highest BCUT2D eigenvalue weighted by Crippen LogP contribution is 2.41. The molecule has 1 aliphatic carbocycles. The van der Waals surface area contributed by atoms with Crippen LogP contribution in [0.5, 0.6) is 0 Å². The lowest BCUT2D eigenvalue weighted by molar-refractivity contribution is -0.138. The van der Waals surface area contributed by atoms with Gasteiger partial charge < -0.3 is 11.1 Å². The molecule has 1 saturated carbocycles. The van der Waals surface area contributed by atoms with Crippen LogP contribution in [0.1, 0.15) is 51.4 Å². The average molecular weight is 431 g/mol. The standard InChI is InChI=1S/C18H18F5N5O2/c1-9-13(18(21,22)23)14(28(27-9)8-10-2-3-17(19,20)5-10)16(30)26-12-4-11(15(24)29)6-25-7-12/h4,6-7,10H,2-3,5,8H2,1H3,(H2,24,29)(H,26,30)/t10-/m1/s1. The van der Waals surface area contributed by atoms with Crippen LogP contribution in [0, 0.1) is 12.8 Å². The first kappa shape index (κ1) is 21.7. The number of primary amides is 1. The molecule has 2 amide bonds. The maximum atomic E-state index is 13.6. The second-order valence-electron chi connectivity index (χ2n) is 7.23. The van der Waals surface area contributed by atoms with Crippen LogP contribution >= 0.6 is 0 Å². The molecule has 0 aliphatic heterocycles. The van der Waals surface area contributed by atoms with Gasteiger partial charge in [-0.15, -0.1) is 0 Å². The summed E-state index contributed by atoms with van der Waals surface area (Å²) in [5, 5.41) is 6.04. The normalized spacial score (nSPS) is 18.4. The van der Waals surface area contributed by atoms with Gasteiger partial charge in [0, 0.05) is 25.6 Å². The number of alkyl halides is 5. The summed E-state index contributed by atoms with van der Waals surface area (Å²) in [5.74, 6) is -5.50. The fourth-order valence-corrected chi connectivity index (χ4v) is 3.56. The first-order valence-corrected chi connectivity index (χ1v) is 8.96. The van der Waals surface area contributed by atoms with Crippen molar-refractivity contribution in [2.24, 2.45) is 11.7 Å². The minimum absolute atomic E-state index is 0.0535. The number of nitrogens with two attached hydrogens (primary N) is 1. The van der Waals surface area contributed by atoms with E-state index in [1.165, 1.54) is 0 Å². The number of hydrogen-bond acceptors (Lipinski definition) is 4. The van der Waals surface area contributed by atoms with E-state index in [1.807, 2.05) is 0 Å². The van der Waals surface area contributed by atoms with Crippen molar-refractivity contribution in [3.8, 4) is 0 Å². The van der Waals surface area contributed by atoms with Crippen LogP contribution in [0.3, 0.4) is 0 Å². The zero-order valence-corrected chi connectivity index (χ0v) is 15.8. The molecule has 7 nitrogen and oxygen atoms in total. The molecule has 2 heterocycles. The number of pyridine rings is 1. The van der Waals surface area contributed by atoms with Crippen LogP contribution in [-0.2, 0) is 12.7 Å². The van der Waals surface area contributed by atoms with Gasteiger partial charge in [0.25, 0.3) is 5.91 Å². The minimum Gasteiger partial charge on any atom is -0.366 e. The van der Waals surface area contributed by atoms with Crippen LogP contribution in [-0.4, -0.2) is 32.5 Å². The monoisotopic (exact) mass is 431 g/mol. The van der Waals surface area contributed by atoms with E-state index in [-0.39, 0.29) is 30.6 Å². The Morgan fingerprint density at radius 3 is 2.60 bits per heavy atom. The molecule has 0 bridgehead atoms. The molecule has 1 atom stereocenters. The van der Waals surface area contributed by atoms with Crippen LogP contribution < -0.4 is 11.1 Å². The van der Waals surface area contributed by atoms with Gasteiger partial charge in [-0.1, -0.05) is 0 Å². The molecule has 0 saturated heterocycles. The lowest BCUT2D eigenvalue weighted by Gasteiger charge is -2.15. The summed E-state index contributed by atoms with van der Waals surface area (Å²) in [7, 11) is 0. The second-order valence-corrected chi connectivity index (χ2v) is 7.23. The fourth-order valence-electron chi connectivity index (χ4n) is 3.56. The molecule has 3 rings (SSSR count). The van der Waals surface area contributed by atoms with Gasteiger partial charge in [0.15, 0.2) is 0 Å². The first-order chi connectivity index (χ1) is 13.9. The Labute approximate surface area is 167 Å². The predicted molar refractivity (Wildman–Crippen MR) is 95.0 cm³/mol. The van der Waals surface area contributed by atoms with E-state index in [4.69, 9.17) is 5.73 Å². The molecular formula is C18H18F5N5O2. The third kappa shape index (κ3) is 4.57. The number of nitrogens with one attached hydrogen (secondary N) is 1. The van der Waals surface area contributed by atoms with Crippen molar-refractivity contribution in [3.05, 3.63) is 41.0 Å². The number of hydrogen-bond donors (Lipinski definition) is 2. The van der Waals surface area contributed by atoms with Crippen LogP contribution in [0.2, 0.25) is 0 Å². The third-order valence-corrected chi connectivity index (χ3v) is 4.84. The number of rotatable bonds is 5. The van der Waals surface area contributed by atoms with E-state index in [0.717, 1.165) is 30.1 Å². The van der Waals surface area contributed by atoms with E-state index < -0.39 is 53.2 Å². The number of nitrogens with zero attached hydrogens (tertiary/aromatic N) is 3. The summed E-state index contributed by atoms with van der Waals surface area (Å²) >= 11 is 0. The van der Waals surface area contributed by atoms with Crippen molar-refractivity contribution in [1.82, 2.24) is 14.8 Å². The van der Waals surface area contributed by atoms with Crippen molar-refractivity contribution in [3.63, 3.8) is 0 Å². The molecule has 2 aromatic rings. The molecule has 1 fully saturated rings. The second kappa shape index (κ2) is 7.65. The Morgan fingerprint density at radius 1 is 1.33 bits per heavy atom. The van der Waals surface area contributed by atoms with Crippen LogP contribution in [0.25, 0.3) is 0 Å². The summed E-state index contributed by atoms with van der Waals surface area (Å²) in [6.07, 6.45) is -3.37. The Kier molecular flexibility index (Phi) is 5.52. The highest BCUT2D eigenvalue weighted by atomic mass is 19.4. The molecule has 0 unspecified atom stereocenters. The average Bonchev–Trinajstić information content (AvgIpc) is 3.13. The van der Waals surface area contributed by atoms with Gasteiger partial charge >= 0.3 is 6.18 Å². The summed E-state index contributed by atoms with van der Waals surface area (Å²) in [6, 6.07) is 1.16. The molecule has 30 heavy (non-hydrogen) atoms. The summed E-state index contributed by atoms with van der Waals surface area (Å²) < 4.78 is 68.6. The van der Waals surface area contributed by atoms with Gasteiger partial charge in [-0.25, -0.2) is 8.78 Å². The van der Waals surface area contributed by atoms with Gasteiger partial charge in [-0.05, 0) is 25.3 Å². The number of carbonyl (C=O) groups is 2. The van der Waals surface area contributed by atoms with Gasteiger partial charge in [-0.2, -0.15) is 18.3 Å². The fraction of sp³-hybridized carbons (Fsp3) is 0.444. The molecule has 0 radical (unpaired) electrons. The molecule has 1 aliphatic rings. The maximum Gasteiger partial charge on any atom is 0.420 e. The SMILES string of the molecule is Cc1nn(C[C@@H]2CCC(F)(F)C2)c(C(=O)Nc2cncc(C(N)=O)c2)c1C(F)(F)F. The van der Waals surface area contributed by atoms with Crippen molar-refractivity contribution < 1.29 is 31.5 Å². The summed E-state index contributed by atoms with van der Waals surface area (Å²) in [5.41, 5.74) is 2.54.